The minimum absolute atomic E-state index is 0.177. The molecule has 1 amide bonds. The van der Waals surface area contributed by atoms with Crippen LogP contribution in [0.5, 0.6) is 0 Å². The van der Waals surface area contributed by atoms with Gasteiger partial charge in [0.15, 0.2) is 0 Å². The molecule has 0 atom stereocenters. The Morgan fingerprint density at radius 2 is 1.94 bits per heavy atom. The minimum atomic E-state index is -0.177. The Hall–Kier alpha value is -1.32. The maximum absolute atomic E-state index is 12.0. The molecule has 0 aliphatic rings. The van der Waals surface area contributed by atoms with Gasteiger partial charge in [-0.3, -0.25) is 4.79 Å². The fourth-order valence-electron chi connectivity index (χ4n) is 1.49. The topological polar surface area (TPSA) is 29.1 Å². The van der Waals surface area contributed by atoms with Gasteiger partial charge >= 0.3 is 0 Å². The molecular formula is C14H11BrClNO. The van der Waals surface area contributed by atoms with Crippen LogP contribution in [0, 0.1) is 6.92 Å². The van der Waals surface area contributed by atoms with Gasteiger partial charge in [0.25, 0.3) is 5.91 Å². The summed E-state index contributed by atoms with van der Waals surface area (Å²) in [7, 11) is 0. The molecule has 92 valence electrons. The van der Waals surface area contributed by atoms with E-state index in [1.165, 1.54) is 0 Å². The maximum Gasteiger partial charge on any atom is 0.255 e. The molecule has 2 aromatic rings. The molecule has 2 nitrogen and oxygen atoms in total. The van der Waals surface area contributed by atoms with E-state index in [9.17, 15) is 4.79 Å². The van der Waals surface area contributed by atoms with Crippen molar-refractivity contribution in [3.8, 4) is 0 Å². The summed E-state index contributed by atoms with van der Waals surface area (Å²) in [5.41, 5.74) is 2.29. The lowest BCUT2D eigenvalue weighted by atomic mass is 10.1. The highest BCUT2D eigenvalue weighted by molar-refractivity contribution is 9.10. The third-order valence-corrected chi connectivity index (χ3v) is 3.74. The Morgan fingerprint density at radius 1 is 1.22 bits per heavy atom. The summed E-state index contributed by atoms with van der Waals surface area (Å²) >= 11 is 9.40. The number of nitrogens with one attached hydrogen (secondary N) is 1. The van der Waals surface area contributed by atoms with Crippen LogP contribution in [0.2, 0.25) is 5.02 Å². The molecule has 0 aromatic heterocycles. The number of aryl methyl sites for hydroxylation is 1. The largest absolute Gasteiger partial charge is 0.321 e. The van der Waals surface area contributed by atoms with Crippen molar-refractivity contribution in [2.75, 3.05) is 5.32 Å². The highest BCUT2D eigenvalue weighted by Gasteiger charge is 2.09. The van der Waals surface area contributed by atoms with E-state index in [2.05, 4.69) is 21.2 Å². The summed E-state index contributed by atoms with van der Waals surface area (Å²) in [5, 5.41) is 3.31. The molecule has 0 aliphatic heterocycles. The molecule has 18 heavy (non-hydrogen) atoms. The molecule has 0 saturated heterocycles. The number of carbonyl (C=O) groups is 1. The number of hydrogen-bond acceptors (Lipinski definition) is 1. The summed E-state index contributed by atoms with van der Waals surface area (Å²) in [5.74, 6) is -0.177. The molecule has 0 unspecified atom stereocenters. The Bertz CT molecular complexity index is 598. The van der Waals surface area contributed by atoms with E-state index in [1.807, 2.05) is 25.1 Å². The zero-order valence-corrected chi connectivity index (χ0v) is 12.0. The van der Waals surface area contributed by atoms with Gasteiger partial charge in [-0.1, -0.05) is 45.7 Å². The molecule has 0 heterocycles. The highest BCUT2D eigenvalue weighted by atomic mass is 79.9. The molecule has 0 radical (unpaired) electrons. The Labute approximate surface area is 119 Å². The smallest absolute Gasteiger partial charge is 0.255 e. The van der Waals surface area contributed by atoms with Crippen molar-refractivity contribution in [1.82, 2.24) is 0 Å². The van der Waals surface area contributed by atoms with Crippen LogP contribution in [0.15, 0.2) is 46.9 Å². The van der Waals surface area contributed by atoms with Crippen LogP contribution in [0.3, 0.4) is 0 Å². The third kappa shape index (κ3) is 2.92. The lowest BCUT2D eigenvalue weighted by molar-refractivity contribution is 0.102. The number of anilines is 1. The number of halogens is 2. The Kier molecular flexibility index (Phi) is 4.04. The van der Waals surface area contributed by atoms with Gasteiger partial charge in [-0.15, -0.1) is 0 Å². The van der Waals surface area contributed by atoms with Gasteiger partial charge in [-0.25, -0.2) is 0 Å². The summed E-state index contributed by atoms with van der Waals surface area (Å²) in [6, 6.07) is 12.6. The molecule has 0 bridgehead atoms. The number of hydrogen-bond donors (Lipinski definition) is 1. The molecule has 0 fully saturated rings. The van der Waals surface area contributed by atoms with Crippen molar-refractivity contribution in [2.24, 2.45) is 0 Å². The number of benzene rings is 2. The quantitative estimate of drug-likeness (QED) is 0.855. The first kappa shape index (κ1) is 13.1. The van der Waals surface area contributed by atoms with Crippen LogP contribution >= 0.6 is 27.5 Å². The first-order chi connectivity index (χ1) is 8.58. The zero-order valence-electron chi connectivity index (χ0n) is 9.71. The highest BCUT2D eigenvalue weighted by Crippen LogP contribution is 2.22. The van der Waals surface area contributed by atoms with E-state index < -0.39 is 0 Å². The van der Waals surface area contributed by atoms with E-state index in [-0.39, 0.29) is 5.91 Å². The van der Waals surface area contributed by atoms with Crippen molar-refractivity contribution in [2.45, 2.75) is 6.92 Å². The van der Waals surface area contributed by atoms with Crippen LogP contribution in [0.25, 0.3) is 0 Å². The van der Waals surface area contributed by atoms with Crippen molar-refractivity contribution in [3.05, 3.63) is 63.1 Å². The molecule has 0 saturated carbocycles. The van der Waals surface area contributed by atoms with Crippen LogP contribution in [0.1, 0.15) is 15.9 Å². The van der Waals surface area contributed by atoms with E-state index in [4.69, 9.17) is 11.6 Å². The van der Waals surface area contributed by atoms with E-state index in [0.29, 0.717) is 16.3 Å². The summed E-state index contributed by atoms with van der Waals surface area (Å²) in [6.07, 6.45) is 0. The average molecular weight is 325 g/mol. The van der Waals surface area contributed by atoms with Crippen LogP contribution in [0.4, 0.5) is 5.69 Å². The Balaban J connectivity index is 2.22. The van der Waals surface area contributed by atoms with Crippen molar-refractivity contribution >= 4 is 39.1 Å². The molecule has 4 heteroatoms. The van der Waals surface area contributed by atoms with Crippen molar-refractivity contribution < 1.29 is 4.79 Å². The van der Waals surface area contributed by atoms with Crippen molar-refractivity contribution in [1.29, 1.82) is 0 Å². The average Bonchev–Trinajstić information content (AvgIpc) is 2.35. The lowest BCUT2D eigenvalue weighted by Gasteiger charge is -2.08. The third-order valence-electron chi connectivity index (χ3n) is 2.56. The molecule has 2 rings (SSSR count). The summed E-state index contributed by atoms with van der Waals surface area (Å²) in [4.78, 5) is 12.0. The van der Waals surface area contributed by atoms with Gasteiger partial charge in [0.05, 0.1) is 10.7 Å². The molecule has 2 aromatic carbocycles. The fraction of sp³-hybridized carbons (Fsp3) is 0.0714. The summed E-state index contributed by atoms with van der Waals surface area (Å²) in [6.45, 7) is 1.97. The van der Waals surface area contributed by atoms with E-state index >= 15 is 0 Å². The molecule has 0 spiro atoms. The van der Waals surface area contributed by atoms with Gasteiger partial charge in [-0.2, -0.15) is 0 Å². The predicted octanol–water partition coefficient (Wildman–Crippen LogP) is 4.66. The normalized spacial score (nSPS) is 10.2. The second kappa shape index (κ2) is 5.55. The molecule has 0 aliphatic carbocycles. The Morgan fingerprint density at radius 3 is 2.61 bits per heavy atom. The SMILES string of the molecule is Cc1ccc(C(=O)Nc2ccccc2Cl)cc1Br. The first-order valence-corrected chi connectivity index (χ1v) is 6.57. The monoisotopic (exact) mass is 323 g/mol. The number of rotatable bonds is 2. The predicted molar refractivity (Wildman–Crippen MR) is 78.3 cm³/mol. The van der Waals surface area contributed by atoms with Gasteiger partial charge in [-0.05, 0) is 36.8 Å². The lowest BCUT2D eigenvalue weighted by Crippen LogP contribution is -2.12. The van der Waals surface area contributed by atoms with Crippen LogP contribution in [-0.2, 0) is 0 Å². The van der Waals surface area contributed by atoms with E-state index in [1.54, 1.807) is 24.3 Å². The second-order valence-electron chi connectivity index (χ2n) is 3.90. The van der Waals surface area contributed by atoms with Gasteiger partial charge < -0.3 is 5.32 Å². The standard InChI is InChI=1S/C14H11BrClNO/c1-9-6-7-10(8-11(9)15)14(18)17-13-5-3-2-4-12(13)16/h2-8H,1H3,(H,17,18). The van der Waals surface area contributed by atoms with Crippen LogP contribution in [-0.4, -0.2) is 5.91 Å². The maximum atomic E-state index is 12.0. The summed E-state index contributed by atoms with van der Waals surface area (Å²) < 4.78 is 0.911. The zero-order chi connectivity index (χ0) is 13.1. The first-order valence-electron chi connectivity index (χ1n) is 5.40. The van der Waals surface area contributed by atoms with Gasteiger partial charge in [0, 0.05) is 10.0 Å². The van der Waals surface area contributed by atoms with E-state index in [0.717, 1.165) is 10.0 Å². The minimum Gasteiger partial charge on any atom is -0.321 e. The van der Waals surface area contributed by atoms with Gasteiger partial charge in [0.1, 0.15) is 0 Å². The van der Waals surface area contributed by atoms with Gasteiger partial charge in [0.2, 0.25) is 0 Å². The number of para-hydroxylation sites is 1. The molecular weight excluding hydrogens is 314 g/mol. The fourth-order valence-corrected chi connectivity index (χ4v) is 2.05. The second-order valence-corrected chi connectivity index (χ2v) is 5.16. The number of amides is 1. The number of carbonyl (C=O) groups excluding carboxylic acids is 1. The molecule has 1 N–H and O–H groups in total. The van der Waals surface area contributed by atoms with Crippen LogP contribution < -0.4 is 5.32 Å². The van der Waals surface area contributed by atoms with Crippen molar-refractivity contribution in [3.63, 3.8) is 0 Å².